The van der Waals surface area contributed by atoms with Crippen LogP contribution in [0.5, 0.6) is 0 Å². The van der Waals surface area contributed by atoms with Crippen LogP contribution in [0.15, 0.2) is 18.2 Å². The number of imide groups is 1. The molecule has 2 aliphatic rings. The first-order chi connectivity index (χ1) is 11.5. The van der Waals surface area contributed by atoms with Gasteiger partial charge < -0.3 is 4.74 Å². The average molecular weight is 365 g/mol. The number of fused-ring (bicyclic) bond motifs is 2. The molecule has 132 valence electrons. The highest BCUT2D eigenvalue weighted by Crippen LogP contribution is 2.47. The molecule has 0 aliphatic carbocycles. The first-order valence-corrected chi connectivity index (χ1v) is 8.10. The lowest BCUT2D eigenvalue weighted by Gasteiger charge is -2.23. The van der Waals surface area contributed by atoms with Crippen LogP contribution in [-0.4, -0.2) is 35.8 Å². The summed E-state index contributed by atoms with van der Waals surface area (Å²) in [4.78, 5) is 50.5. The van der Waals surface area contributed by atoms with Gasteiger partial charge in [0.1, 0.15) is 12.1 Å². The first-order valence-electron chi connectivity index (χ1n) is 7.73. The summed E-state index contributed by atoms with van der Waals surface area (Å²) in [5, 5.41) is 2.50. The largest absolute Gasteiger partial charge is 0.459 e. The van der Waals surface area contributed by atoms with Gasteiger partial charge in [-0.15, -0.1) is 0 Å². The molecule has 1 atom stereocenters. The smallest absolute Gasteiger partial charge is 0.326 e. The molecule has 0 saturated carbocycles. The summed E-state index contributed by atoms with van der Waals surface area (Å²) in [6.45, 7) is 4.80. The number of benzene rings is 1. The lowest BCUT2D eigenvalue weighted by atomic mass is 9.80. The fourth-order valence-electron chi connectivity index (χ4n) is 3.19. The Bertz CT molecular complexity index is 814. The number of hydrogen-bond donors (Lipinski definition) is 1. The monoisotopic (exact) mass is 364 g/mol. The molecule has 25 heavy (non-hydrogen) atoms. The van der Waals surface area contributed by atoms with E-state index in [4.69, 9.17) is 16.3 Å². The Morgan fingerprint density at radius 3 is 2.56 bits per heavy atom. The molecule has 1 unspecified atom stereocenters. The minimum Gasteiger partial charge on any atom is -0.459 e. The zero-order valence-corrected chi connectivity index (χ0v) is 14.8. The van der Waals surface area contributed by atoms with E-state index in [-0.39, 0.29) is 13.0 Å². The van der Waals surface area contributed by atoms with Gasteiger partial charge in [-0.05, 0) is 39.0 Å². The number of hydrogen-bond acceptors (Lipinski definition) is 5. The Kier molecular flexibility index (Phi) is 3.87. The second kappa shape index (κ2) is 5.56. The standard InChI is InChI=1S/C17H17ClN2O5/c1-16(2,3)25-13(22)8-20-11-5-4-9(18)6-10(11)17(15(20)24)7-12(21)19-14(17)23/h4-6H,7-8H2,1-3H3,(H,19,21,23). The molecule has 7 nitrogen and oxygen atoms in total. The summed E-state index contributed by atoms with van der Waals surface area (Å²) < 4.78 is 5.26. The molecular weight excluding hydrogens is 348 g/mol. The molecule has 1 fully saturated rings. The maximum absolute atomic E-state index is 13.0. The van der Waals surface area contributed by atoms with Crippen molar-refractivity contribution in [3.05, 3.63) is 28.8 Å². The number of nitrogens with zero attached hydrogens (tertiary/aromatic N) is 1. The number of anilines is 1. The van der Waals surface area contributed by atoms with E-state index in [1.54, 1.807) is 32.9 Å². The van der Waals surface area contributed by atoms with E-state index < -0.39 is 34.7 Å². The molecule has 8 heteroatoms. The van der Waals surface area contributed by atoms with Crippen LogP contribution in [0.2, 0.25) is 5.02 Å². The average Bonchev–Trinajstić information content (AvgIpc) is 2.88. The minimum atomic E-state index is -1.67. The number of amides is 3. The van der Waals surface area contributed by atoms with E-state index in [1.807, 2.05) is 0 Å². The van der Waals surface area contributed by atoms with Gasteiger partial charge in [0.15, 0.2) is 5.41 Å². The van der Waals surface area contributed by atoms with Crippen LogP contribution in [0, 0.1) is 0 Å². The van der Waals surface area contributed by atoms with E-state index in [2.05, 4.69) is 5.32 Å². The molecule has 3 amide bonds. The number of nitrogens with one attached hydrogen (secondary N) is 1. The second-order valence-corrected chi connectivity index (χ2v) is 7.54. The highest BCUT2D eigenvalue weighted by Gasteiger charge is 2.61. The quantitative estimate of drug-likeness (QED) is 0.485. The van der Waals surface area contributed by atoms with Gasteiger partial charge in [0.25, 0.3) is 0 Å². The van der Waals surface area contributed by atoms with Crippen molar-refractivity contribution < 1.29 is 23.9 Å². The van der Waals surface area contributed by atoms with E-state index in [0.717, 1.165) is 0 Å². The SMILES string of the molecule is CC(C)(C)OC(=O)CN1C(=O)C2(CC(=O)NC2=O)c2cc(Cl)ccc21. The number of rotatable bonds is 2. The Morgan fingerprint density at radius 1 is 1.32 bits per heavy atom. The zero-order chi connectivity index (χ0) is 18.6. The van der Waals surface area contributed by atoms with Gasteiger partial charge in [0.05, 0.1) is 6.42 Å². The highest BCUT2D eigenvalue weighted by atomic mass is 35.5. The van der Waals surface area contributed by atoms with Gasteiger partial charge in [0, 0.05) is 16.3 Å². The Labute approximate surface area is 149 Å². The molecule has 0 bridgehead atoms. The van der Waals surface area contributed by atoms with E-state index in [1.165, 1.54) is 11.0 Å². The van der Waals surface area contributed by atoms with Crippen LogP contribution in [0.1, 0.15) is 32.8 Å². The number of esters is 1. The van der Waals surface area contributed by atoms with Gasteiger partial charge in [-0.25, -0.2) is 0 Å². The fourth-order valence-corrected chi connectivity index (χ4v) is 3.36. The summed E-state index contributed by atoms with van der Waals surface area (Å²) in [6.07, 6.45) is -0.303. The number of halogens is 1. The Hall–Kier alpha value is -2.41. The van der Waals surface area contributed by atoms with Gasteiger partial charge in [-0.1, -0.05) is 11.6 Å². The zero-order valence-electron chi connectivity index (χ0n) is 14.0. The van der Waals surface area contributed by atoms with Crippen LogP contribution in [0.4, 0.5) is 5.69 Å². The molecular formula is C17H17ClN2O5. The van der Waals surface area contributed by atoms with Crippen molar-refractivity contribution in [2.24, 2.45) is 0 Å². The van der Waals surface area contributed by atoms with Gasteiger partial charge in [-0.2, -0.15) is 0 Å². The predicted octanol–water partition coefficient (Wildman–Crippen LogP) is 1.31. The molecule has 3 rings (SSSR count). The van der Waals surface area contributed by atoms with Crippen molar-refractivity contribution in [1.29, 1.82) is 0 Å². The maximum atomic E-state index is 13.0. The lowest BCUT2D eigenvalue weighted by molar-refractivity contribution is -0.154. The van der Waals surface area contributed by atoms with Crippen molar-refractivity contribution in [2.75, 3.05) is 11.4 Å². The van der Waals surface area contributed by atoms with Crippen molar-refractivity contribution in [1.82, 2.24) is 5.32 Å². The number of carbonyl (C=O) groups excluding carboxylic acids is 4. The molecule has 2 aliphatic heterocycles. The normalized spacial score (nSPS) is 22.4. The van der Waals surface area contributed by atoms with Crippen LogP contribution in [-0.2, 0) is 29.3 Å². The summed E-state index contributed by atoms with van der Waals surface area (Å²) in [5.74, 6) is -2.47. The summed E-state index contributed by atoms with van der Waals surface area (Å²) in [7, 11) is 0. The third-order valence-corrected chi connectivity index (χ3v) is 4.33. The number of carbonyl (C=O) groups is 4. The van der Waals surface area contributed by atoms with Crippen molar-refractivity contribution in [3.63, 3.8) is 0 Å². The molecule has 1 aromatic rings. The van der Waals surface area contributed by atoms with Crippen molar-refractivity contribution in [3.8, 4) is 0 Å². The number of ether oxygens (including phenoxy) is 1. The molecule has 1 N–H and O–H groups in total. The van der Waals surface area contributed by atoms with Crippen LogP contribution in [0.25, 0.3) is 0 Å². The maximum Gasteiger partial charge on any atom is 0.326 e. The molecule has 1 aromatic carbocycles. The van der Waals surface area contributed by atoms with Crippen LogP contribution >= 0.6 is 11.6 Å². The molecule has 0 radical (unpaired) electrons. The van der Waals surface area contributed by atoms with Gasteiger partial charge in [-0.3, -0.25) is 29.4 Å². The lowest BCUT2D eigenvalue weighted by Crippen LogP contribution is -2.47. The summed E-state index contributed by atoms with van der Waals surface area (Å²) in [5.41, 5.74) is -1.66. The van der Waals surface area contributed by atoms with E-state index in [0.29, 0.717) is 16.3 Å². The topological polar surface area (TPSA) is 92.8 Å². The Morgan fingerprint density at radius 2 is 2.00 bits per heavy atom. The first kappa shape index (κ1) is 17.4. The van der Waals surface area contributed by atoms with Crippen LogP contribution < -0.4 is 10.2 Å². The highest BCUT2D eigenvalue weighted by molar-refractivity contribution is 6.32. The summed E-state index contributed by atoms with van der Waals surface area (Å²) in [6, 6.07) is 4.61. The van der Waals surface area contributed by atoms with E-state index >= 15 is 0 Å². The van der Waals surface area contributed by atoms with Gasteiger partial charge in [0.2, 0.25) is 17.7 Å². The van der Waals surface area contributed by atoms with E-state index in [9.17, 15) is 19.2 Å². The van der Waals surface area contributed by atoms with Crippen molar-refractivity contribution in [2.45, 2.75) is 38.2 Å². The summed E-state index contributed by atoms with van der Waals surface area (Å²) >= 11 is 6.02. The predicted molar refractivity (Wildman–Crippen MR) is 89.1 cm³/mol. The van der Waals surface area contributed by atoms with Gasteiger partial charge >= 0.3 is 5.97 Å². The Balaban J connectivity index is 2.03. The third kappa shape index (κ3) is 2.78. The fraction of sp³-hybridized carbons (Fsp3) is 0.412. The second-order valence-electron chi connectivity index (χ2n) is 7.10. The molecule has 1 saturated heterocycles. The molecule has 2 heterocycles. The molecule has 1 spiro atoms. The van der Waals surface area contributed by atoms with Crippen LogP contribution in [0.3, 0.4) is 0 Å². The van der Waals surface area contributed by atoms with Crippen molar-refractivity contribution >= 4 is 41.0 Å². The third-order valence-electron chi connectivity index (χ3n) is 4.09. The minimum absolute atomic E-state index is 0.303. The molecule has 0 aromatic heterocycles.